The molecular formula is C14H22N2O2. The molecule has 0 saturated carbocycles. The number of hydrogen-bond acceptors (Lipinski definition) is 3. The van der Waals surface area contributed by atoms with E-state index in [0.717, 1.165) is 28.1 Å². The molecule has 0 aliphatic rings. The van der Waals surface area contributed by atoms with Crippen molar-refractivity contribution < 1.29 is 9.53 Å². The van der Waals surface area contributed by atoms with Gasteiger partial charge in [0.15, 0.2) is 0 Å². The van der Waals surface area contributed by atoms with Gasteiger partial charge in [0.1, 0.15) is 5.75 Å². The molecule has 0 heterocycles. The molecule has 0 aromatic heterocycles. The maximum absolute atomic E-state index is 11.8. The summed E-state index contributed by atoms with van der Waals surface area (Å²) >= 11 is 0. The molecule has 0 aliphatic heterocycles. The van der Waals surface area contributed by atoms with Crippen LogP contribution in [0.3, 0.4) is 0 Å². The van der Waals surface area contributed by atoms with Crippen LogP contribution in [0.5, 0.6) is 5.75 Å². The minimum Gasteiger partial charge on any atom is -0.494 e. The number of rotatable bonds is 5. The second-order valence-corrected chi connectivity index (χ2v) is 4.45. The largest absolute Gasteiger partial charge is 0.494 e. The Morgan fingerprint density at radius 3 is 2.50 bits per heavy atom. The Balaban J connectivity index is 3.01. The van der Waals surface area contributed by atoms with Crippen molar-refractivity contribution in [2.24, 2.45) is 0 Å². The minimum absolute atomic E-state index is 0.00555. The second kappa shape index (κ2) is 6.40. The zero-order valence-corrected chi connectivity index (χ0v) is 11.8. The average molecular weight is 250 g/mol. The van der Waals surface area contributed by atoms with E-state index in [1.54, 1.807) is 7.11 Å². The number of amides is 1. The minimum atomic E-state index is -0.00555. The molecule has 0 aliphatic carbocycles. The van der Waals surface area contributed by atoms with Gasteiger partial charge in [0.2, 0.25) is 5.91 Å². The zero-order valence-electron chi connectivity index (χ0n) is 11.8. The first kappa shape index (κ1) is 14.5. The van der Waals surface area contributed by atoms with Crippen LogP contribution in [-0.2, 0) is 4.79 Å². The molecule has 0 unspecified atom stereocenters. The summed E-state index contributed by atoms with van der Waals surface area (Å²) in [4.78, 5) is 11.8. The number of nitrogens with one attached hydrogen (secondary N) is 2. The van der Waals surface area contributed by atoms with Crippen molar-refractivity contribution in [2.75, 3.05) is 26.0 Å². The molecule has 4 heteroatoms. The molecule has 18 heavy (non-hydrogen) atoms. The molecule has 1 aromatic carbocycles. The fourth-order valence-electron chi connectivity index (χ4n) is 1.90. The second-order valence-electron chi connectivity index (χ2n) is 4.45. The predicted molar refractivity (Wildman–Crippen MR) is 74.4 cm³/mol. The Bertz CT molecular complexity index is 442. The fraction of sp³-hybridized carbons (Fsp3) is 0.500. The lowest BCUT2D eigenvalue weighted by Gasteiger charge is -2.17. The Labute approximate surface area is 109 Å². The van der Waals surface area contributed by atoms with Crippen LogP contribution in [-0.4, -0.2) is 26.6 Å². The summed E-state index contributed by atoms with van der Waals surface area (Å²) in [5.74, 6) is 0.749. The number of methoxy groups -OCH3 is 1. The Morgan fingerprint density at radius 1 is 1.28 bits per heavy atom. The van der Waals surface area contributed by atoms with Gasteiger partial charge in [0.05, 0.1) is 12.8 Å². The summed E-state index contributed by atoms with van der Waals surface area (Å²) in [6, 6.07) is 2.06. The van der Waals surface area contributed by atoms with Gasteiger partial charge in [-0.05, 0) is 44.5 Å². The number of ether oxygens (including phenoxy) is 1. The Morgan fingerprint density at radius 2 is 1.94 bits per heavy atom. The highest BCUT2D eigenvalue weighted by atomic mass is 16.5. The lowest BCUT2D eigenvalue weighted by molar-refractivity contribution is -0.116. The van der Waals surface area contributed by atoms with Crippen molar-refractivity contribution in [3.63, 3.8) is 0 Å². The van der Waals surface area contributed by atoms with E-state index in [1.165, 1.54) is 0 Å². The number of carbonyl (C=O) groups excluding carboxylic acids is 1. The molecule has 0 bridgehead atoms. The highest BCUT2D eigenvalue weighted by molar-refractivity contribution is 5.93. The highest BCUT2D eigenvalue weighted by Crippen LogP contribution is 2.34. The summed E-state index contributed by atoms with van der Waals surface area (Å²) in [7, 11) is 3.46. The van der Waals surface area contributed by atoms with Gasteiger partial charge in [-0.25, -0.2) is 0 Å². The molecular weight excluding hydrogens is 228 g/mol. The molecule has 1 rings (SSSR count). The molecule has 2 N–H and O–H groups in total. The smallest absolute Gasteiger partial charge is 0.225 e. The maximum Gasteiger partial charge on any atom is 0.225 e. The van der Waals surface area contributed by atoms with E-state index < -0.39 is 0 Å². The van der Waals surface area contributed by atoms with E-state index in [0.29, 0.717) is 13.0 Å². The van der Waals surface area contributed by atoms with E-state index in [9.17, 15) is 4.79 Å². The summed E-state index contributed by atoms with van der Waals surface area (Å²) < 4.78 is 5.41. The van der Waals surface area contributed by atoms with Crippen molar-refractivity contribution in [2.45, 2.75) is 27.2 Å². The van der Waals surface area contributed by atoms with E-state index in [-0.39, 0.29) is 5.91 Å². The summed E-state index contributed by atoms with van der Waals surface area (Å²) in [5.41, 5.74) is 4.03. The third-order valence-corrected chi connectivity index (χ3v) is 3.06. The molecule has 0 radical (unpaired) electrons. The monoisotopic (exact) mass is 250 g/mol. The van der Waals surface area contributed by atoms with E-state index in [4.69, 9.17) is 4.74 Å². The Hall–Kier alpha value is -1.55. The van der Waals surface area contributed by atoms with Gasteiger partial charge < -0.3 is 15.4 Å². The van der Waals surface area contributed by atoms with Crippen molar-refractivity contribution >= 4 is 11.6 Å². The summed E-state index contributed by atoms with van der Waals surface area (Å²) in [6.45, 7) is 6.68. The molecule has 0 saturated heterocycles. The van der Waals surface area contributed by atoms with Crippen molar-refractivity contribution in [1.29, 1.82) is 0 Å². The third-order valence-electron chi connectivity index (χ3n) is 3.06. The normalized spacial score (nSPS) is 10.3. The summed E-state index contributed by atoms with van der Waals surface area (Å²) in [6.07, 6.45) is 0.450. The first-order valence-corrected chi connectivity index (χ1v) is 6.10. The van der Waals surface area contributed by atoms with Crippen LogP contribution in [0.2, 0.25) is 0 Å². The van der Waals surface area contributed by atoms with E-state index in [1.807, 2.05) is 27.8 Å². The van der Waals surface area contributed by atoms with Gasteiger partial charge in [0, 0.05) is 13.0 Å². The SMILES string of the molecule is CNCCC(=O)Nc1c(C)cc(C)c(C)c1OC. The maximum atomic E-state index is 11.8. The topological polar surface area (TPSA) is 50.4 Å². The zero-order chi connectivity index (χ0) is 13.7. The molecule has 0 atom stereocenters. The molecule has 4 nitrogen and oxygen atoms in total. The lowest BCUT2D eigenvalue weighted by Crippen LogP contribution is -2.19. The van der Waals surface area contributed by atoms with Crippen LogP contribution in [0.15, 0.2) is 6.07 Å². The quantitative estimate of drug-likeness (QED) is 0.842. The van der Waals surface area contributed by atoms with Gasteiger partial charge in [0.25, 0.3) is 0 Å². The van der Waals surface area contributed by atoms with Crippen LogP contribution in [0, 0.1) is 20.8 Å². The van der Waals surface area contributed by atoms with Gasteiger partial charge in [-0.3, -0.25) is 4.79 Å². The molecule has 100 valence electrons. The molecule has 0 spiro atoms. The van der Waals surface area contributed by atoms with Gasteiger partial charge in [-0.15, -0.1) is 0 Å². The van der Waals surface area contributed by atoms with Crippen LogP contribution in [0.1, 0.15) is 23.1 Å². The van der Waals surface area contributed by atoms with Gasteiger partial charge in [-0.1, -0.05) is 6.07 Å². The van der Waals surface area contributed by atoms with E-state index in [2.05, 4.69) is 16.7 Å². The van der Waals surface area contributed by atoms with Gasteiger partial charge in [-0.2, -0.15) is 0 Å². The van der Waals surface area contributed by atoms with Crippen molar-refractivity contribution in [3.8, 4) is 5.75 Å². The number of carbonyl (C=O) groups is 1. The fourth-order valence-corrected chi connectivity index (χ4v) is 1.90. The van der Waals surface area contributed by atoms with Crippen LogP contribution in [0.4, 0.5) is 5.69 Å². The van der Waals surface area contributed by atoms with E-state index >= 15 is 0 Å². The Kier molecular flexibility index (Phi) is 5.16. The van der Waals surface area contributed by atoms with Crippen LogP contribution in [0.25, 0.3) is 0 Å². The number of benzene rings is 1. The molecule has 0 fully saturated rings. The van der Waals surface area contributed by atoms with Crippen LogP contribution >= 0.6 is 0 Å². The molecule has 1 amide bonds. The number of hydrogen-bond donors (Lipinski definition) is 2. The predicted octanol–water partition coefficient (Wildman–Crippen LogP) is 2.17. The van der Waals surface area contributed by atoms with Crippen molar-refractivity contribution in [1.82, 2.24) is 5.32 Å². The third kappa shape index (κ3) is 3.23. The average Bonchev–Trinajstić information content (AvgIpc) is 2.34. The summed E-state index contributed by atoms with van der Waals surface area (Å²) in [5, 5.41) is 5.88. The number of aryl methyl sites for hydroxylation is 2. The standard InChI is InChI=1S/C14H22N2O2/c1-9-8-10(2)13(14(18-5)11(9)3)16-12(17)6-7-15-4/h8,15H,6-7H2,1-5H3,(H,16,17). The highest BCUT2D eigenvalue weighted by Gasteiger charge is 2.14. The van der Waals surface area contributed by atoms with Crippen molar-refractivity contribution in [3.05, 3.63) is 22.8 Å². The number of anilines is 1. The first-order valence-electron chi connectivity index (χ1n) is 6.10. The molecule has 1 aromatic rings. The first-order chi connectivity index (χ1) is 8.51. The lowest BCUT2D eigenvalue weighted by atomic mass is 10.0. The van der Waals surface area contributed by atoms with Crippen LogP contribution < -0.4 is 15.4 Å². The van der Waals surface area contributed by atoms with Gasteiger partial charge >= 0.3 is 0 Å².